The first-order valence-corrected chi connectivity index (χ1v) is 9.70. The van der Waals surface area contributed by atoms with Crippen LogP contribution in [0.5, 0.6) is 0 Å². The fourth-order valence-corrected chi connectivity index (χ4v) is 2.90. The van der Waals surface area contributed by atoms with Crippen LogP contribution in [-0.4, -0.2) is 18.3 Å². The fourth-order valence-electron chi connectivity index (χ4n) is 1.25. The van der Waals surface area contributed by atoms with E-state index in [1.54, 1.807) is 0 Å². The third kappa shape index (κ3) is 2.97. The molecule has 2 aromatic rings. The molecule has 0 atom stereocenters. The van der Waals surface area contributed by atoms with Gasteiger partial charge in [-0.3, -0.25) is 0 Å². The van der Waals surface area contributed by atoms with Crippen molar-refractivity contribution in [1.29, 1.82) is 0 Å². The maximum atomic E-state index is 5.82. The Morgan fingerprint density at radius 2 is 2.19 bits per heavy atom. The molecule has 2 aromatic heterocycles. The van der Waals surface area contributed by atoms with Crippen LogP contribution >= 0.6 is 23.6 Å². The van der Waals surface area contributed by atoms with Crippen molar-refractivity contribution >= 4 is 42.2 Å². The molecule has 86 valence electrons. The van der Waals surface area contributed by atoms with Gasteiger partial charge in [0.2, 0.25) is 0 Å². The van der Waals surface area contributed by atoms with Crippen LogP contribution in [0.1, 0.15) is 5.69 Å². The lowest BCUT2D eigenvalue weighted by Gasteiger charge is -2.16. The van der Waals surface area contributed by atoms with Gasteiger partial charge in [-0.25, -0.2) is 4.98 Å². The molecule has 0 fully saturated rings. The average molecular weight is 270 g/mol. The maximum absolute atomic E-state index is 5.82. The van der Waals surface area contributed by atoms with Crippen molar-refractivity contribution in [3.05, 3.63) is 21.8 Å². The van der Waals surface area contributed by atoms with Crippen molar-refractivity contribution in [2.75, 3.05) is 0 Å². The summed E-state index contributed by atoms with van der Waals surface area (Å²) in [7, 11) is -1.47. The summed E-state index contributed by atoms with van der Waals surface area (Å²) in [6.07, 6.45) is 0. The Bertz CT molecular complexity index is 556. The second-order valence-corrected chi connectivity index (χ2v) is 10.8. The van der Waals surface area contributed by atoms with Crippen molar-refractivity contribution in [3.8, 4) is 0 Å². The lowest BCUT2D eigenvalue weighted by Crippen LogP contribution is -2.25. The van der Waals surface area contributed by atoms with Gasteiger partial charge in [0, 0.05) is 0 Å². The predicted molar refractivity (Wildman–Crippen MR) is 72.9 cm³/mol. The zero-order chi connectivity index (χ0) is 11.8. The van der Waals surface area contributed by atoms with E-state index in [9.17, 15) is 0 Å². The number of hydrogen-bond donors (Lipinski definition) is 1. The lowest BCUT2D eigenvalue weighted by atomic mass is 10.3. The van der Waals surface area contributed by atoms with E-state index in [2.05, 4.69) is 29.6 Å². The van der Waals surface area contributed by atoms with Gasteiger partial charge >= 0.3 is 0 Å². The van der Waals surface area contributed by atoms with Gasteiger partial charge in [0.15, 0.2) is 12.3 Å². The Morgan fingerprint density at radius 3 is 2.88 bits per heavy atom. The van der Waals surface area contributed by atoms with Gasteiger partial charge in [0.25, 0.3) is 0 Å². The normalized spacial score (nSPS) is 12.2. The molecule has 0 aliphatic rings. The zero-order valence-electron chi connectivity index (χ0n) is 9.53. The molecule has 0 aliphatic carbocycles. The number of fused-ring (bicyclic) bond motifs is 1. The van der Waals surface area contributed by atoms with Crippen molar-refractivity contribution in [2.24, 2.45) is 0 Å². The summed E-state index contributed by atoms with van der Waals surface area (Å²) < 4.78 is 6.59. The van der Waals surface area contributed by atoms with Crippen molar-refractivity contribution in [1.82, 2.24) is 9.97 Å². The average Bonchev–Trinajstić information content (AvgIpc) is 2.52. The second-order valence-electron chi connectivity index (χ2n) is 4.57. The minimum absolute atomic E-state index is 0.594. The highest BCUT2D eigenvalue weighted by atomic mass is 32.1. The molecule has 2 rings (SSSR count). The standard InChI is InChI=1S/C10H14N2OS2Si/c1-16(2,3)13-6-7-4-5-8-9(11-7)15-10(14)12-8/h4-5H,6H2,1-3H3,(H,12,14). The molecule has 1 N–H and O–H groups in total. The number of rotatable bonds is 3. The molecule has 16 heavy (non-hydrogen) atoms. The Balaban J connectivity index is 2.22. The number of hydrogen-bond acceptors (Lipinski definition) is 4. The third-order valence-electron chi connectivity index (χ3n) is 2.00. The van der Waals surface area contributed by atoms with E-state index in [1.165, 1.54) is 11.3 Å². The van der Waals surface area contributed by atoms with Crippen LogP contribution in [0.2, 0.25) is 19.6 Å². The molecule has 0 spiro atoms. The van der Waals surface area contributed by atoms with E-state index in [0.29, 0.717) is 6.61 Å². The maximum Gasteiger partial charge on any atom is 0.184 e. The molecule has 6 heteroatoms. The van der Waals surface area contributed by atoms with E-state index >= 15 is 0 Å². The molecule has 0 bridgehead atoms. The van der Waals surface area contributed by atoms with Gasteiger partial charge in [-0.15, -0.1) is 0 Å². The Hall–Kier alpha value is -0.563. The molecule has 2 heterocycles. The molecule has 0 saturated carbocycles. The van der Waals surface area contributed by atoms with Gasteiger partial charge in [-0.1, -0.05) is 11.3 Å². The van der Waals surface area contributed by atoms with Crippen LogP contribution in [0, 0.1) is 3.95 Å². The Labute approximate surface area is 105 Å². The topological polar surface area (TPSA) is 37.9 Å². The SMILES string of the molecule is C[Si](C)(C)OCc1ccc2[nH]c(=S)sc2n1. The Morgan fingerprint density at radius 1 is 1.44 bits per heavy atom. The molecule has 0 unspecified atom stereocenters. The highest BCUT2D eigenvalue weighted by Gasteiger charge is 2.14. The summed E-state index contributed by atoms with van der Waals surface area (Å²) in [6.45, 7) is 7.11. The highest BCUT2D eigenvalue weighted by Crippen LogP contribution is 2.18. The first-order valence-electron chi connectivity index (χ1n) is 5.07. The van der Waals surface area contributed by atoms with Crippen LogP contribution < -0.4 is 0 Å². The number of H-pyrrole nitrogens is 1. The summed E-state index contributed by atoms with van der Waals surface area (Å²) >= 11 is 6.58. The molecular weight excluding hydrogens is 256 g/mol. The summed E-state index contributed by atoms with van der Waals surface area (Å²) in [5.41, 5.74) is 1.98. The first-order chi connectivity index (χ1) is 7.44. The number of nitrogens with one attached hydrogen (secondary N) is 1. The number of aromatic amines is 1. The van der Waals surface area contributed by atoms with Crippen molar-refractivity contribution < 1.29 is 4.43 Å². The van der Waals surface area contributed by atoms with Crippen LogP contribution in [-0.2, 0) is 11.0 Å². The summed E-state index contributed by atoms with van der Waals surface area (Å²) in [4.78, 5) is 8.57. The van der Waals surface area contributed by atoms with Crippen molar-refractivity contribution in [2.45, 2.75) is 26.2 Å². The van der Waals surface area contributed by atoms with E-state index in [0.717, 1.165) is 20.0 Å². The smallest absolute Gasteiger partial charge is 0.184 e. The summed E-state index contributed by atoms with van der Waals surface area (Å²) in [5, 5.41) is 0. The zero-order valence-corrected chi connectivity index (χ0v) is 12.2. The van der Waals surface area contributed by atoms with Crippen LogP contribution in [0.15, 0.2) is 12.1 Å². The third-order valence-corrected chi connectivity index (χ3v) is 4.15. The quantitative estimate of drug-likeness (QED) is 0.682. The Kier molecular flexibility index (Phi) is 3.25. The second kappa shape index (κ2) is 4.36. The molecule has 3 nitrogen and oxygen atoms in total. The van der Waals surface area contributed by atoms with Gasteiger partial charge in [-0.2, -0.15) is 0 Å². The van der Waals surface area contributed by atoms with E-state index in [-0.39, 0.29) is 0 Å². The minimum Gasteiger partial charge on any atom is -0.412 e. The number of aromatic nitrogens is 2. The van der Waals surface area contributed by atoms with Crippen LogP contribution in [0.25, 0.3) is 10.3 Å². The fraction of sp³-hybridized carbons (Fsp3) is 0.400. The minimum atomic E-state index is -1.47. The van der Waals surface area contributed by atoms with Gasteiger partial charge < -0.3 is 9.41 Å². The van der Waals surface area contributed by atoms with Crippen LogP contribution in [0.3, 0.4) is 0 Å². The highest BCUT2D eigenvalue weighted by molar-refractivity contribution is 7.73. The van der Waals surface area contributed by atoms with Gasteiger partial charge in [0.05, 0.1) is 17.8 Å². The van der Waals surface area contributed by atoms with E-state index < -0.39 is 8.32 Å². The molecule has 0 amide bonds. The van der Waals surface area contributed by atoms with Crippen molar-refractivity contribution in [3.63, 3.8) is 0 Å². The van der Waals surface area contributed by atoms with Crippen LogP contribution in [0.4, 0.5) is 0 Å². The monoisotopic (exact) mass is 270 g/mol. The lowest BCUT2D eigenvalue weighted by molar-refractivity contribution is 0.295. The largest absolute Gasteiger partial charge is 0.412 e. The summed E-state index contributed by atoms with van der Waals surface area (Å²) in [6, 6.07) is 4.00. The first kappa shape index (κ1) is 11.9. The van der Waals surface area contributed by atoms with E-state index in [4.69, 9.17) is 16.6 Å². The number of thiazole rings is 1. The van der Waals surface area contributed by atoms with Gasteiger partial charge in [0.1, 0.15) is 4.83 Å². The molecule has 0 aromatic carbocycles. The molecule has 0 saturated heterocycles. The molecular formula is C10H14N2OS2Si. The molecule has 0 aliphatic heterocycles. The number of nitrogens with zero attached hydrogens (tertiary/aromatic N) is 1. The van der Waals surface area contributed by atoms with Gasteiger partial charge in [-0.05, 0) is 44.0 Å². The molecule has 0 radical (unpaired) electrons. The number of pyridine rings is 1. The van der Waals surface area contributed by atoms with E-state index in [1.807, 2.05) is 12.1 Å². The summed E-state index contributed by atoms with van der Waals surface area (Å²) in [5.74, 6) is 0. The predicted octanol–water partition coefficient (Wildman–Crippen LogP) is 3.71.